The van der Waals surface area contributed by atoms with E-state index in [4.69, 9.17) is 4.74 Å². The number of hydrogen-bond acceptors (Lipinski definition) is 5. The molecule has 3 aromatic rings. The van der Waals surface area contributed by atoms with E-state index in [0.29, 0.717) is 24.0 Å². The Kier molecular flexibility index (Phi) is 3.74. The standard InChI is InChI=1S/C18H13FN4O2/c19-12-1-4-14(5-2-12)25-17-7-8-20-18(23-17)21-13-3-6-15-11(9-13)10-16(24)22-15/h1-9H,10H2,(H,22,24)(H,20,21,23). The van der Waals surface area contributed by atoms with Gasteiger partial charge in [-0.1, -0.05) is 0 Å². The van der Waals surface area contributed by atoms with E-state index in [2.05, 4.69) is 20.6 Å². The SMILES string of the molecule is O=C1Cc2cc(Nc3nccc(Oc4ccc(F)cc4)n3)ccc2N1. The van der Waals surface area contributed by atoms with Crippen LogP contribution in [0, 0.1) is 5.82 Å². The van der Waals surface area contributed by atoms with Crippen LogP contribution in [0.2, 0.25) is 0 Å². The Morgan fingerprint density at radius 1 is 1.12 bits per heavy atom. The predicted molar refractivity (Wildman–Crippen MR) is 90.6 cm³/mol. The summed E-state index contributed by atoms with van der Waals surface area (Å²) in [6.07, 6.45) is 1.92. The Morgan fingerprint density at radius 2 is 1.96 bits per heavy atom. The summed E-state index contributed by atoms with van der Waals surface area (Å²) < 4.78 is 18.5. The lowest BCUT2D eigenvalue weighted by Gasteiger charge is -2.08. The highest BCUT2D eigenvalue weighted by molar-refractivity contribution is 5.99. The zero-order valence-corrected chi connectivity index (χ0v) is 13.0. The van der Waals surface area contributed by atoms with E-state index in [9.17, 15) is 9.18 Å². The Bertz CT molecular complexity index is 944. The highest BCUT2D eigenvalue weighted by Crippen LogP contribution is 2.27. The average molecular weight is 336 g/mol. The van der Waals surface area contributed by atoms with Gasteiger partial charge in [-0.25, -0.2) is 9.37 Å². The lowest BCUT2D eigenvalue weighted by Crippen LogP contribution is -2.03. The van der Waals surface area contributed by atoms with Crippen molar-refractivity contribution in [1.29, 1.82) is 0 Å². The van der Waals surface area contributed by atoms with Gasteiger partial charge in [0.1, 0.15) is 11.6 Å². The number of ether oxygens (including phenoxy) is 1. The van der Waals surface area contributed by atoms with Crippen LogP contribution < -0.4 is 15.4 Å². The average Bonchev–Trinajstić information content (AvgIpc) is 2.97. The predicted octanol–water partition coefficient (Wildman–Crippen LogP) is 3.65. The van der Waals surface area contributed by atoms with Crippen LogP contribution >= 0.6 is 0 Å². The molecule has 0 saturated heterocycles. The lowest BCUT2D eigenvalue weighted by atomic mass is 10.1. The number of rotatable bonds is 4. The highest BCUT2D eigenvalue weighted by Gasteiger charge is 2.17. The monoisotopic (exact) mass is 336 g/mol. The number of nitrogens with one attached hydrogen (secondary N) is 2. The van der Waals surface area contributed by atoms with Crippen molar-refractivity contribution < 1.29 is 13.9 Å². The molecule has 124 valence electrons. The fourth-order valence-corrected chi connectivity index (χ4v) is 2.52. The molecule has 25 heavy (non-hydrogen) atoms. The number of amides is 1. The van der Waals surface area contributed by atoms with Crippen LogP contribution in [-0.2, 0) is 11.2 Å². The second kappa shape index (κ2) is 6.20. The summed E-state index contributed by atoms with van der Waals surface area (Å²) in [6.45, 7) is 0. The Labute approximate surface area is 142 Å². The topological polar surface area (TPSA) is 76.1 Å². The molecule has 0 radical (unpaired) electrons. The zero-order valence-electron chi connectivity index (χ0n) is 13.0. The molecule has 2 N–H and O–H groups in total. The molecule has 0 atom stereocenters. The van der Waals surface area contributed by atoms with Gasteiger partial charge in [-0.05, 0) is 48.0 Å². The molecule has 0 bridgehead atoms. The molecule has 2 heterocycles. The van der Waals surface area contributed by atoms with Gasteiger partial charge in [0, 0.05) is 23.6 Å². The van der Waals surface area contributed by atoms with Crippen molar-refractivity contribution in [2.45, 2.75) is 6.42 Å². The van der Waals surface area contributed by atoms with Gasteiger partial charge in [-0.2, -0.15) is 4.98 Å². The molecular formula is C18H13FN4O2. The fraction of sp³-hybridized carbons (Fsp3) is 0.0556. The number of halogens is 1. The molecule has 0 unspecified atom stereocenters. The first-order valence-electron chi connectivity index (χ1n) is 7.62. The maximum absolute atomic E-state index is 12.9. The van der Waals surface area contributed by atoms with Crippen molar-refractivity contribution in [3.8, 4) is 11.6 Å². The molecule has 1 amide bonds. The van der Waals surface area contributed by atoms with Gasteiger partial charge in [0.05, 0.1) is 6.42 Å². The zero-order chi connectivity index (χ0) is 17.2. The van der Waals surface area contributed by atoms with Gasteiger partial charge in [0.2, 0.25) is 17.7 Å². The summed E-state index contributed by atoms with van der Waals surface area (Å²) in [4.78, 5) is 19.8. The number of anilines is 3. The van der Waals surface area contributed by atoms with E-state index in [1.165, 1.54) is 24.3 Å². The largest absolute Gasteiger partial charge is 0.439 e. The lowest BCUT2D eigenvalue weighted by molar-refractivity contribution is -0.115. The van der Waals surface area contributed by atoms with Crippen LogP contribution in [0.5, 0.6) is 11.6 Å². The minimum atomic E-state index is -0.332. The van der Waals surface area contributed by atoms with Crippen LogP contribution in [0.3, 0.4) is 0 Å². The van der Waals surface area contributed by atoms with Crippen molar-refractivity contribution in [1.82, 2.24) is 9.97 Å². The normalized spacial score (nSPS) is 12.4. The van der Waals surface area contributed by atoms with Crippen molar-refractivity contribution in [2.75, 3.05) is 10.6 Å². The summed E-state index contributed by atoms with van der Waals surface area (Å²) in [6, 6.07) is 12.8. The molecule has 4 rings (SSSR count). The Hall–Kier alpha value is -3.48. The minimum absolute atomic E-state index is 0.0157. The summed E-state index contributed by atoms with van der Waals surface area (Å²) in [7, 11) is 0. The van der Waals surface area contributed by atoms with E-state index in [1.54, 1.807) is 12.3 Å². The molecule has 7 heteroatoms. The summed E-state index contributed by atoms with van der Waals surface area (Å²) >= 11 is 0. The number of nitrogens with zero attached hydrogens (tertiary/aromatic N) is 2. The van der Waals surface area contributed by atoms with Gasteiger partial charge in [0.15, 0.2) is 0 Å². The summed E-state index contributed by atoms with van der Waals surface area (Å²) in [5.74, 6) is 0.826. The quantitative estimate of drug-likeness (QED) is 0.760. The number of hydrogen-bond donors (Lipinski definition) is 2. The van der Waals surface area contributed by atoms with Gasteiger partial charge < -0.3 is 15.4 Å². The first-order chi connectivity index (χ1) is 12.2. The Morgan fingerprint density at radius 3 is 2.80 bits per heavy atom. The van der Waals surface area contributed by atoms with Gasteiger partial charge in [-0.3, -0.25) is 4.79 Å². The molecule has 2 aromatic carbocycles. The molecule has 6 nitrogen and oxygen atoms in total. The highest BCUT2D eigenvalue weighted by atomic mass is 19.1. The Balaban J connectivity index is 1.51. The van der Waals surface area contributed by atoms with Gasteiger partial charge >= 0.3 is 0 Å². The van der Waals surface area contributed by atoms with Crippen molar-refractivity contribution in [3.05, 3.63) is 66.1 Å². The maximum Gasteiger partial charge on any atom is 0.230 e. The second-order valence-electron chi connectivity index (χ2n) is 5.50. The van der Waals surface area contributed by atoms with E-state index in [-0.39, 0.29) is 11.7 Å². The molecule has 0 aliphatic carbocycles. The third-order valence-corrected chi connectivity index (χ3v) is 3.65. The van der Waals surface area contributed by atoms with Crippen LogP contribution in [0.25, 0.3) is 0 Å². The minimum Gasteiger partial charge on any atom is -0.439 e. The number of fused-ring (bicyclic) bond motifs is 1. The fourth-order valence-electron chi connectivity index (χ4n) is 2.52. The van der Waals surface area contributed by atoms with Gasteiger partial charge in [0.25, 0.3) is 0 Å². The molecule has 0 saturated carbocycles. The number of aromatic nitrogens is 2. The van der Waals surface area contributed by atoms with E-state index in [1.807, 2.05) is 18.2 Å². The van der Waals surface area contributed by atoms with Crippen LogP contribution in [0.15, 0.2) is 54.7 Å². The summed E-state index contributed by atoms with van der Waals surface area (Å²) in [5.41, 5.74) is 2.52. The maximum atomic E-state index is 12.9. The van der Waals surface area contributed by atoms with Crippen LogP contribution in [0.1, 0.15) is 5.56 Å². The van der Waals surface area contributed by atoms with E-state index < -0.39 is 0 Å². The first kappa shape index (κ1) is 15.1. The first-order valence-corrected chi connectivity index (χ1v) is 7.62. The molecule has 1 aliphatic heterocycles. The van der Waals surface area contributed by atoms with Crippen LogP contribution in [0.4, 0.5) is 21.7 Å². The van der Waals surface area contributed by atoms with Crippen LogP contribution in [-0.4, -0.2) is 15.9 Å². The number of benzene rings is 2. The molecule has 0 spiro atoms. The molecule has 0 fully saturated rings. The van der Waals surface area contributed by atoms with E-state index >= 15 is 0 Å². The second-order valence-corrected chi connectivity index (χ2v) is 5.50. The number of carbonyl (C=O) groups excluding carboxylic acids is 1. The smallest absolute Gasteiger partial charge is 0.230 e. The van der Waals surface area contributed by atoms with Crippen molar-refractivity contribution in [2.24, 2.45) is 0 Å². The third-order valence-electron chi connectivity index (χ3n) is 3.65. The van der Waals surface area contributed by atoms with Crippen molar-refractivity contribution in [3.63, 3.8) is 0 Å². The summed E-state index contributed by atoms with van der Waals surface area (Å²) in [5, 5.41) is 5.87. The van der Waals surface area contributed by atoms with Gasteiger partial charge in [-0.15, -0.1) is 0 Å². The third kappa shape index (κ3) is 3.40. The number of carbonyl (C=O) groups is 1. The molecule has 1 aliphatic rings. The van der Waals surface area contributed by atoms with Crippen molar-refractivity contribution >= 4 is 23.2 Å². The van der Waals surface area contributed by atoms with E-state index in [0.717, 1.165) is 16.9 Å². The molecular weight excluding hydrogens is 323 g/mol. The molecule has 1 aromatic heterocycles.